The van der Waals surface area contributed by atoms with Gasteiger partial charge >= 0.3 is 6.03 Å². The summed E-state index contributed by atoms with van der Waals surface area (Å²) < 4.78 is 5.45. The Balaban J connectivity index is 1.68. The van der Waals surface area contributed by atoms with Crippen molar-refractivity contribution >= 4 is 6.03 Å². The molecule has 0 bridgehead atoms. The molecule has 1 N–H and O–H groups in total. The van der Waals surface area contributed by atoms with Crippen LogP contribution in [0.2, 0.25) is 0 Å². The van der Waals surface area contributed by atoms with Gasteiger partial charge in [0.1, 0.15) is 0 Å². The molecule has 0 aromatic heterocycles. The lowest BCUT2D eigenvalue weighted by Gasteiger charge is -2.29. The fraction of sp³-hybridized carbons (Fsp3) is 0.833. The van der Waals surface area contributed by atoms with E-state index in [0.717, 1.165) is 32.3 Å². The third kappa shape index (κ3) is 3.34. The molecule has 5 heteroatoms. The predicted molar refractivity (Wildman–Crippen MR) is 62.3 cm³/mol. The first-order valence-electron chi connectivity index (χ1n) is 6.33. The minimum absolute atomic E-state index is 0.0168. The standard InChI is InChI=1S/C12H19N3O2/c13-8-10-3-5-15(6-4-10)12(16)14-9-11-2-1-7-17-11/h10-11H,1-7,9H2,(H,14,16)/t11-/m0/s1. The van der Waals surface area contributed by atoms with Gasteiger partial charge in [-0.25, -0.2) is 4.79 Å². The van der Waals surface area contributed by atoms with Crippen LogP contribution >= 0.6 is 0 Å². The van der Waals surface area contributed by atoms with Gasteiger partial charge in [0.25, 0.3) is 0 Å². The van der Waals surface area contributed by atoms with Crippen molar-refractivity contribution in [3.8, 4) is 6.07 Å². The van der Waals surface area contributed by atoms with Gasteiger partial charge in [-0.15, -0.1) is 0 Å². The van der Waals surface area contributed by atoms with Crippen LogP contribution in [-0.2, 0) is 4.74 Å². The Morgan fingerprint density at radius 2 is 2.18 bits per heavy atom. The van der Waals surface area contributed by atoms with Crippen molar-refractivity contribution in [2.45, 2.75) is 31.8 Å². The Labute approximate surface area is 102 Å². The molecule has 2 aliphatic heterocycles. The van der Waals surface area contributed by atoms with E-state index in [0.29, 0.717) is 19.6 Å². The van der Waals surface area contributed by atoms with Crippen molar-refractivity contribution < 1.29 is 9.53 Å². The van der Waals surface area contributed by atoms with Gasteiger partial charge in [-0.2, -0.15) is 5.26 Å². The van der Waals surface area contributed by atoms with E-state index in [9.17, 15) is 4.79 Å². The number of hydrogen-bond donors (Lipinski definition) is 1. The fourth-order valence-corrected chi connectivity index (χ4v) is 2.33. The van der Waals surface area contributed by atoms with E-state index in [4.69, 9.17) is 10.00 Å². The topological polar surface area (TPSA) is 65.4 Å². The Morgan fingerprint density at radius 1 is 1.41 bits per heavy atom. The molecule has 0 aromatic rings. The second-order valence-electron chi connectivity index (χ2n) is 4.71. The molecular formula is C12H19N3O2. The molecule has 0 spiro atoms. The Hall–Kier alpha value is -1.28. The second-order valence-corrected chi connectivity index (χ2v) is 4.71. The molecule has 2 aliphatic rings. The normalized spacial score (nSPS) is 25.6. The van der Waals surface area contributed by atoms with Crippen LogP contribution in [-0.4, -0.2) is 43.3 Å². The number of amides is 2. The maximum atomic E-state index is 11.8. The van der Waals surface area contributed by atoms with Gasteiger partial charge in [0.05, 0.1) is 12.2 Å². The molecule has 2 fully saturated rings. The van der Waals surface area contributed by atoms with Crippen LogP contribution in [0.4, 0.5) is 4.79 Å². The number of urea groups is 1. The van der Waals surface area contributed by atoms with Crippen LogP contribution in [0, 0.1) is 17.2 Å². The van der Waals surface area contributed by atoms with E-state index >= 15 is 0 Å². The van der Waals surface area contributed by atoms with E-state index < -0.39 is 0 Å². The molecular weight excluding hydrogens is 218 g/mol. The van der Waals surface area contributed by atoms with Gasteiger partial charge in [-0.05, 0) is 25.7 Å². The molecule has 2 saturated heterocycles. The number of nitrogens with zero attached hydrogens (tertiary/aromatic N) is 2. The average molecular weight is 237 g/mol. The number of carbonyl (C=O) groups excluding carboxylic acids is 1. The summed E-state index contributed by atoms with van der Waals surface area (Å²) in [7, 11) is 0. The van der Waals surface area contributed by atoms with Gasteiger partial charge in [0, 0.05) is 32.2 Å². The van der Waals surface area contributed by atoms with Crippen molar-refractivity contribution in [2.24, 2.45) is 5.92 Å². The van der Waals surface area contributed by atoms with E-state index in [1.165, 1.54) is 0 Å². The average Bonchev–Trinajstić information content (AvgIpc) is 2.89. The van der Waals surface area contributed by atoms with Gasteiger partial charge in [-0.1, -0.05) is 0 Å². The SMILES string of the molecule is N#CC1CCN(C(=O)NC[C@@H]2CCCO2)CC1. The lowest BCUT2D eigenvalue weighted by Crippen LogP contribution is -2.46. The first-order chi connectivity index (χ1) is 8.29. The van der Waals surface area contributed by atoms with Crippen LogP contribution < -0.4 is 5.32 Å². The van der Waals surface area contributed by atoms with Crippen molar-refractivity contribution in [1.29, 1.82) is 5.26 Å². The van der Waals surface area contributed by atoms with Crippen molar-refractivity contribution in [3.05, 3.63) is 0 Å². The van der Waals surface area contributed by atoms with E-state index in [2.05, 4.69) is 11.4 Å². The summed E-state index contributed by atoms with van der Waals surface area (Å²) in [6.45, 7) is 2.80. The monoisotopic (exact) mass is 237 g/mol. The summed E-state index contributed by atoms with van der Waals surface area (Å²) in [5.74, 6) is 0.122. The van der Waals surface area contributed by atoms with Crippen molar-refractivity contribution in [1.82, 2.24) is 10.2 Å². The largest absolute Gasteiger partial charge is 0.376 e. The van der Waals surface area contributed by atoms with Gasteiger partial charge in [0.2, 0.25) is 0 Å². The minimum atomic E-state index is -0.0168. The summed E-state index contributed by atoms with van der Waals surface area (Å²) in [5.41, 5.74) is 0. The maximum Gasteiger partial charge on any atom is 0.317 e. The lowest BCUT2D eigenvalue weighted by molar-refractivity contribution is 0.107. The number of hydrogen-bond acceptors (Lipinski definition) is 3. The van der Waals surface area contributed by atoms with Gasteiger partial charge in [0.15, 0.2) is 0 Å². The van der Waals surface area contributed by atoms with Crippen molar-refractivity contribution in [3.63, 3.8) is 0 Å². The van der Waals surface area contributed by atoms with Crippen LogP contribution in [0.5, 0.6) is 0 Å². The van der Waals surface area contributed by atoms with E-state index in [-0.39, 0.29) is 18.1 Å². The number of nitriles is 1. The summed E-state index contributed by atoms with van der Waals surface area (Å²) >= 11 is 0. The zero-order valence-corrected chi connectivity index (χ0v) is 10.0. The number of likely N-dealkylation sites (tertiary alicyclic amines) is 1. The molecule has 2 heterocycles. The van der Waals surface area contributed by atoms with Crippen molar-refractivity contribution in [2.75, 3.05) is 26.2 Å². The molecule has 0 aromatic carbocycles. The highest BCUT2D eigenvalue weighted by Crippen LogP contribution is 2.16. The quantitative estimate of drug-likeness (QED) is 0.782. The van der Waals surface area contributed by atoms with E-state index in [1.54, 1.807) is 4.90 Å². The van der Waals surface area contributed by atoms with Crippen LogP contribution in [0.1, 0.15) is 25.7 Å². The fourth-order valence-electron chi connectivity index (χ4n) is 2.33. The summed E-state index contributed by atoms with van der Waals surface area (Å²) in [6, 6.07) is 2.24. The summed E-state index contributed by atoms with van der Waals surface area (Å²) in [5, 5.41) is 11.7. The number of carbonyl (C=O) groups is 1. The maximum absolute atomic E-state index is 11.8. The smallest absolute Gasteiger partial charge is 0.317 e. The number of piperidine rings is 1. The Morgan fingerprint density at radius 3 is 2.76 bits per heavy atom. The van der Waals surface area contributed by atoms with Crippen LogP contribution in [0.15, 0.2) is 0 Å². The molecule has 0 aliphatic carbocycles. The number of nitrogens with one attached hydrogen (secondary N) is 1. The van der Waals surface area contributed by atoms with Gasteiger partial charge in [-0.3, -0.25) is 0 Å². The molecule has 5 nitrogen and oxygen atoms in total. The Bertz CT molecular complexity index is 299. The number of rotatable bonds is 2. The second kappa shape index (κ2) is 5.87. The summed E-state index contributed by atoms with van der Waals surface area (Å²) in [6.07, 6.45) is 3.91. The first-order valence-corrected chi connectivity index (χ1v) is 6.33. The highest BCUT2D eigenvalue weighted by Gasteiger charge is 2.23. The van der Waals surface area contributed by atoms with Crippen LogP contribution in [0.25, 0.3) is 0 Å². The molecule has 0 saturated carbocycles. The molecule has 1 atom stereocenters. The van der Waals surface area contributed by atoms with Crippen LogP contribution in [0.3, 0.4) is 0 Å². The number of ether oxygens (including phenoxy) is 1. The highest BCUT2D eigenvalue weighted by atomic mass is 16.5. The molecule has 94 valence electrons. The summed E-state index contributed by atoms with van der Waals surface area (Å²) in [4.78, 5) is 13.6. The molecule has 0 radical (unpaired) electrons. The molecule has 2 rings (SSSR count). The lowest BCUT2D eigenvalue weighted by atomic mass is 9.99. The van der Waals surface area contributed by atoms with Gasteiger partial charge < -0.3 is 15.0 Å². The highest BCUT2D eigenvalue weighted by molar-refractivity contribution is 5.74. The Kier molecular flexibility index (Phi) is 4.21. The van der Waals surface area contributed by atoms with E-state index in [1.807, 2.05) is 0 Å². The minimum Gasteiger partial charge on any atom is -0.376 e. The molecule has 17 heavy (non-hydrogen) atoms. The molecule has 2 amide bonds. The third-order valence-corrected chi connectivity index (χ3v) is 3.47. The zero-order valence-electron chi connectivity index (χ0n) is 10.0. The zero-order chi connectivity index (χ0) is 12.1. The predicted octanol–water partition coefficient (Wildman–Crippen LogP) is 1.11. The molecule has 0 unspecified atom stereocenters. The first kappa shape index (κ1) is 12.2. The third-order valence-electron chi connectivity index (χ3n) is 3.47.